The van der Waals surface area contributed by atoms with Crippen molar-refractivity contribution in [1.82, 2.24) is 9.13 Å². The molecule has 240 valence electrons. The summed E-state index contributed by atoms with van der Waals surface area (Å²) in [5.74, 6) is 0.0428. The van der Waals surface area contributed by atoms with Crippen LogP contribution >= 0.6 is 11.3 Å². The van der Waals surface area contributed by atoms with Crippen LogP contribution in [0.5, 0.6) is 5.75 Å². The second kappa shape index (κ2) is 12.8. The molecule has 0 radical (unpaired) electrons. The van der Waals surface area contributed by atoms with Crippen LogP contribution in [-0.4, -0.2) is 32.7 Å². The van der Waals surface area contributed by atoms with Gasteiger partial charge in [0.2, 0.25) is 0 Å². The van der Waals surface area contributed by atoms with Gasteiger partial charge in [0.25, 0.3) is 11.2 Å². The molecule has 0 N–H and O–H groups in total. The van der Waals surface area contributed by atoms with Crippen LogP contribution < -0.4 is 19.6 Å². The second-order valence-electron chi connectivity index (χ2n) is 11.5. The monoisotopic (exact) mass is 650 g/mol. The number of benzene rings is 3. The lowest BCUT2D eigenvalue weighted by molar-refractivity contribution is -0.384. The van der Waals surface area contributed by atoms with E-state index in [4.69, 9.17) is 14.5 Å². The summed E-state index contributed by atoms with van der Waals surface area (Å²) in [6, 6.07) is 21.1. The highest BCUT2D eigenvalue weighted by molar-refractivity contribution is 7.07. The first-order valence-electron chi connectivity index (χ1n) is 15.4. The van der Waals surface area contributed by atoms with Gasteiger partial charge in [-0.1, -0.05) is 59.9 Å². The molecule has 0 saturated heterocycles. The van der Waals surface area contributed by atoms with Gasteiger partial charge in [0.05, 0.1) is 33.4 Å². The van der Waals surface area contributed by atoms with E-state index in [1.54, 1.807) is 30.5 Å². The summed E-state index contributed by atoms with van der Waals surface area (Å²) in [6.07, 6.45) is 1.76. The molecule has 10 nitrogen and oxygen atoms in total. The zero-order valence-electron chi connectivity index (χ0n) is 26.7. The van der Waals surface area contributed by atoms with Gasteiger partial charge in [0.15, 0.2) is 4.80 Å². The lowest BCUT2D eigenvalue weighted by Gasteiger charge is -2.26. The Balaban J connectivity index is 1.53. The largest absolute Gasteiger partial charge is 0.491 e. The fraction of sp³-hybridized carbons (Fsp3) is 0.250. The molecule has 1 aliphatic rings. The maximum absolute atomic E-state index is 14.4. The van der Waals surface area contributed by atoms with E-state index in [2.05, 4.69) is 4.57 Å². The van der Waals surface area contributed by atoms with E-state index < -0.39 is 16.9 Å². The van der Waals surface area contributed by atoms with Gasteiger partial charge in [-0.25, -0.2) is 9.79 Å². The predicted molar refractivity (Wildman–Crippen MR) is 181 cm³/mol. The third kappa shape index (κ3) is 5.90. The summed E-state index contributed by atoms with van der Waals surface area (Å²) in [5, 5.41) is 12.1. The first kappa shape index (κ1) is 31.7. The average molecular weight is 651 g/mol. The summed E-state index contributed by atoms with van der Waals surface area (Å²) >= 11 is 1.27. The van der Waals surface area contributed by atoms with Gasteiger partial charge >= 0.3 is 5.97 Å². The van der Waals surface area contributed by atoms with Gasteiger partial charge in [-0.05, 0) is 58.4 Å². The Bertz CT molecular complexity index is 2240. The molecule has 6 rings (SSSR count). The molecule has 0 aliphatic carbocycles. The zero-order valence-corrected chi connectivity index (χ0v) is 27.5. The van der Waals surface area contributed by atoms with E-state index >= 15 is 0 Å². The smallest absolute Gasteiger partial charge is 0.338 e. The first-order valence-corrected chi connectivity index (χ1v) is 16.2. The Morgan fingerprint density at radius 2 is 1.77 bits per heavy atom. The highest BCUT2D eigenvalue weighted by Gasteiger charge is 2.35. The number of non-ortho nitro benzene ring substituents is 1. The molecule has 0 bridgehead atoms. The molecule has 3 heterocycles. The van der Waals surface area contributed by atoms with Gasteiger partial charge < -0.3 is 14.0 Å². The van der Waals surface area contributed by atoms with Gasteiger partial charge in [-0.2, -0.15) is 0 Å². The number of nitro groups is 1. The fourth-order valence-corrected chi connectivity index (χ4v) is 7.06. The number of esters is 1. The van der Waals surface area contributed by atoms with Crippen molar-refractivity contribution in [3.63, 3.8) is 0 Å². The van der Waals surface area contributed by atoms with Crippen molar-refractivity contribution in [2.24, 2.45) is 4.99 Å². The Kier molecular flexibility index (Phi) is 8.65. The van der Waals surface area contributed by atoms with E-state index in [0.717, 1.165) is 27.7 Å². The van der Waals surface area contributed by atoms with Crippen LogP contribution in [0.15, 0.2) is 93.9 Å². The number of nitro benzene ring substituents is 1. The minimum atomic E-state index is -0.799. The minimum Gasteiger partial charge on any atom is -0.491 e. The van der Waals surface area contributed by atoms with Crippen molar-refractivity contribution in [2.45, 2.75) is 53.3 Å². The summed E-state index contributed by atoms with van der Waals surface area (Å²) in [5.41, 5.74) is 4.91. The van der Waals surface area contributed by atoms with E-state index in [1.807, 2.05) is 75.4 Å². The predicted octanol–water partition coefficient (Wildman–Crippen LogP) is 5.81. The van der Waals surface area contributed by atoms with Gasteiger partial charge in [-0.15, -0.1) is 0 Å². The number of para-hydroxylation sites is 2. The van der Waals surface area contributed by atoms with E-state index in [-0.39, 0.29) is 24.0 Å². The number of nitrogens with zero attached hydrogens (tertiary/aromatic N) is 4. The third-order valence-electron chi connectivity index (χ3n) is 8.14. The molecule has 0 amide bonds. The molecule has 2 aromatic heterocycles. The summed E-state index contributed by atoms with van der Waals surface area (Å²) < 4.78 is 15.8. The molecule has 0 unspecified atom stereocenters. The lowest BCUT2D eigenvalue weighted by atomic mass is 9.95. The number of carbonyl (C=O) groups is 1. The minimum absolute atomic E-state index is 0.0388. The van der Waals surface area contributed by atoms with Crippen LogP contribution in [0.25, 0.3) is 17.0 Å². The van der Waals surface area contributed by atoms with Gasteiger partial charge in [-0.3, -0.25) is 19.5 Å². The Labute approximate surface area is 274 Å². The van der Waals surface area contributed by atoms with Crippen molar-refractivity contribution in [2.75, 3.05) is 6.61 Å². The zero-order chi connectivity index (χ0) is 33.4. The number of fused-ring (bicyclic) bond motifs is 2. The number of hydrogen-bond acceptors (Lipinski definition) is 8. The number of hydrogen-bond donors (Lipinski definition) is 0. The quantitative estimate of drug-likeness (QED) is 0.113. The fourth-order valence-electron chi connectivity index (χ4n) is 6.03. The van der Waals surface area contributed by atoms with Crippen LogP contribution in [0.2, 0.25) is 0 Å². The normalized spacial score (nSPS) is 14.8. The van der Waals surface area contributed by atoms with E-state index in [0.29, 0.717) is 38.5 Å². The summed E-state index contributed by atoms with van der Waals surface area (Å²) in [4.78, 5) is 43.8. The Hall–Kier alpha value is -5.29. The summed E-state index contributed by atoms with van der Waals surface area (Å²) in [6.45, 7) is 10.0. The molecule has 0 saturated carbocycles. The van der Waals surface area contributed by atoms with Crippen LogP contribution in [-0.2, 0) is 16.1 Å². The Morgan fingerprint density at radius 1 is 1.06 bits per heavy atom. The molecule has 47 heavy (non-hydrogen) atoms. The molecule has 0 spiro atoms. The first-order chi connectivity index (χ1) is 22.6. The molecule has 11 heteroatoms. The number of carbonyl (C=O) groups excluding carboxylic acids is 1. The number of ether oxygens (including phenoxy) is 2. The molecule has 3 aromatic carbocycles. The number of rotatable bonds is 9. The van der Waals surface area contributed by atoms with Crippen molar-refractivity contribution in [1.29, 1.82) is 0 Å². The molecular weight excluding hydrogens is 616 g/mol. The highest BCUT2D eigenvalue weighted by Crippen LogP contribution is 2.36. The SMILES string of the molecule is CCOC(=O)C1=C(C)N=c2s/c(=C/c3c(C)n(Cc4ccc([N+](=O)[O-])cc4)c4ccccc34)c(=O)n2[C@H]1c1ccccc1OC(C)C. The average Bonchev–Trinajstić information content (AvgIpc) is 3.49. The number of thiazole rings is 1. The molecule has 1 aliphatic heterocycles. The maximum atomic E-state index is 14.4. The Morgan fingerprint density at radius 3 is 2.47 bits per heavy atom. The summed E-state index contributed by atoms with van der Waals surface area (Å²) in [7, 11) is 0. The van der Waals surface area contributed by atoms with Crippen LogP contribution in [0, 0.1) is 17.0 Å². The molecule has 0 fully saturated rings. The maximum Gasteiger partial charge on any atom is 0.338 e. The van der Waals surface area contributed by atoms with Gasteiger partial charge in [0, 0.05) is 46.4 Å². The number of aromatic nitrogens is 2. The van der Waals surface area contributed by atoms with Crippen molar-refractivity contribution in [3.8, 4) is 5.75 Å². The van der Waals surface area contributed by atoms with Crippen LogP contribution in [0.4, 0.5) is 5.69 Å². The standard InChI is InChI=1S/C36H34N4O6S/c1-6-45-35(42)32-22(4)37-36-39(33(32)27-12-8-10-14-30(27)46-21(2)3)34(41)31(47-36)19-28-23(5)38(29-13-9-7-11-26(28)29)20-24-15-17-25(18-16-24)40(43)44/h7-19,21,33H,6,20H2,1-5H3/b31-19+/t33-/m0/s1. The topological polar surface area (TPSA) is 118 Å². The molecular formula is C36H34N4O6S. The third-order valence-corrected chi connectivity index (χ3v) is 9.12. The molecule has 1 atom stereocenters. The highest BCUT2D eigenvalue weighted by atomic mass is 32.1. The van der Waals surface area contributed by atoms with E-state index in [9.17, 15) is 19.7 Å². The van der Waals surface area contributed by atoms with E-state index in [1.165, 1.54) is 23.5 Å². The van der Waals surface area contributed by atoms with Crippen molar-refractivity contribution < 1.29 is 19.2 Å². The van der Waals surface area contributed by atoms with Crippen LogP contribution in [0.1, 0.15) is 56.1 Å². The van der Waals surface area contributed by atoms with Crippen LogP contribution in [0.3, 0.4) is 0 Å². The van der Waals surface area contributed by atoms with Gasteiger partial charge in [0.1, 0.15) is 11.8 Å². The van der Waals surface area contributed by atoms with Crippen molar-refractivity contribution >= 4 is 40.0 Å². The molecule has 5 aromatic rings. The second-order valence-corrected chi connectivity index (χ2v) is 12.5. The van der Waals surface area contributed by atoms with Crippen molar-refractivity contribution in [3.05, 3.63) is 136 Å². The number of allylic oxidation sites excluding steroid dienone is 1. The lowest BCUT2D eigenvalue weighted by Crippen LogP contribution is -2.40.